The lowest BCUT2D eigenvalue weighted by Crippen LogP contribution is -2.51. The summed E-state index contributed by atoms with van der Waals surface area (Å²) in [6.45, 7) is 0.110. The number of hydrogen-bond acceptors (Lipinski definition) is 9. The molecule has 0 saturated carbocycles. The third-order valence-corrected chi connectivity index (χ3v) is 2.96. The summed E-state index contributed by atoms with van der Waals surface area (Å²) in [7, 11) is 4.79. The van der Waals surface area contributed by atoms with Crippen LogP contribution in [0.15, 0.2) is 0 Å². The molecule has 0 spiro atoms. The largest absolute Gasteiger partial charge is 0.469 e. The van der Waals surface area contributed by atoms with E-state index in [9.17, 15) is 19.2 Å². The van der Waals surface area contributed by atoms with Crippen LogP contribution < -0.4 is 5.32 Å². The van der Waals surface area contributed by atoms with Crippen LogP contribution in [0.2, 0.25) is 0 Å². The highest BCUT2D eigenvalue weighted by Crippen LogP contribution is 2.14. The fourth-order valence-electron chi connectivity index (χ4n) is 1.72. The van der Waals surface area contributed by atoms with Gasteiger partial charge in [-0.2, -0.15) is 0 Å². The second kappa shape index (κ2) is 12.3. The molecule has 10 nitrogen and oxygen atoms in total. The van der Waals surface area contributed by atoms with Gasteiger partial charge in [-0.1, -0.05) is 0 Å². The lowest BCUT2D eigenvalue weighted by atomic mass is 9.96. The van der Waals surface area contributed by atoms with Crippen molar-refractivity contribution in [2.75, 3.05) is 48.3 Å². The Morgan fingerprint density at radius 3 is 2.00 bits per heavy atom. The van der Waals surface area contributed by atoms with Gasteiger partial charge in [0.05, 0.1) is 46.9 Å². The number of nitrogens with one attached hydrogen (secondary N) is 1. The van der Waals surface area contributed by atoms with Crippen molar-refractivity contribution in [1.29, 1.82) is 0 Å². The summed E-state index contributed by atoms with van der Waals surface area (Å²) in [5, 5.41) is 2.30. The van der Waals surface area contributed by atoms with Crippen LogP contribution in [0.3, 0.4) is 0 Å². The molecular formula is C14H23NO9. The molecule has 0 aliphatic heterocycles. The van der Waals surface area contributed by atoms with E-state index in [2.05, 4.69) is 19.5 Å². The summed E-state index contributed by atoms with van der Waals surface area (Å²) >= 11 is 0. The van der Waals surface area contributed by atoms with Gasteiger partial charge in [-0.05, 0) is 0 Å². The molecule has 0 heterocycles. The Kier molecular flexibility index (Phi) is 11.1. The van der Waals surface area contributed by atoms with E-state index in [1.165, 1.54) is 7.11 Å². The number of rotatable bonds is 11. The van der Waals surface area contributed by atoms with Crippen LogP contribution in [-0.4, -0.2) is 78.1 Å². The van der Waals surface area contributed by atoms with Gasteiger partial charge >= 0.3 is 17.9 Å². The van der Waals surface area contributed by atoms with Gasteiger partial charge in [0, 0.05) is 7.11 Å². The molecule has 1 N–H and O–H groups in total. The van der Waals surface area contributed by atoms with Crippen LogP contribution in [0, 0.1) is 5.92 Å². The highest BCUT2D eigenvalue weighted by atomic mass is 16.5. The molecule has 138 valence electrons. The van der Waals surface area contributed by atoms with Gasteiger partial charge in [-0.3, -0.25) is 14.4 Å². The molecule has 0 bridgehead atoms. The lowest BCUT2D eigenvalue weighted by Gasteiger charge is -2.23. The van der Waals surface area contributed by atoms with Crippen molar-refractivity contribution in [3.63, 3.8) is 0 Å². The first kappa shape index (κ1) is 21.8. The van der Waals surface area contributed by atoms with Gasteiger partial charge in [0.2, 0.25) is 5.91 Å². The number of carbonyl (C=O) groups excluding carboxylic acids is 4. The first-order chi connectivity index (χ1) is 11.4. The quantitative estimate of drug-likeness (QED) is 0.274. The van der Waals surface area contributed by atoms with Crippen molar-refractivity contribution in [2.45, 2.75) is 12.5 Å². The minimum atomic E-state index is -1.42. The molecule has 10 heteroatoms. The number of amides is 1. The Hall–Kier alpha value is -2.20. The van der Waals surface area contributed by atoms with Crippen LogP contribution in [0.5, 0.6) is 0 Å². The molecule has 0 aromatic rings. The first-order valence-corrected chi connectivity index (χ1v) is 6.99. The Morgan fingerprint density at radius 1 is 0.875 bits per heavy atom. The van der Waals surface area contributed by atoms with Crippen LogP contribution in [-0.2, 0) is 42.9 Å². The van der Waals surface area contributed by atoms with Crippen molar-refractivity contribution in [1.82, 2.24) is 5.32 Å². The van der Waals surface area contributed by atoms with E-state index < -0.39 is 42.2 Å². The van der Waals surface area contributed by atoms with Crippen LogP contribution in [0.1, 0.15) is 6.42 Å². The number of carbonyl (C=O) groups is 4. The zero-order chi connectivity index (χ0) is 18.5. The van der Waals surface area contributed by atoms with E-state index >= 15 is 0 Å². The summed E-state index contributed by atoms with van der Waals surface area (Å²) in [6, 6.07) is -1.42. The summed E-state index contributed by atoms with van der Waals surface area (Å²) < 4.78 is 23.4. The third kappa shape index (κ3) is 7.88. The molecule has 2 atom stereocenters. The number of hydrogen-bond donors (Lipinski definition) is 1. The number of esters is 3. The van der Waals surface area contributed by atoms with Gasteiger partial charge in [0.15, 0.2) is 0 Å². The second-order valence-electron chi connectivity index (χ2n) is 4.52. The number of methoxy groups -OCH3 is 4. The van der Waals surface area contributed by atoms with Crippen LogP contribution >= 0.6 is 0 Å². The summed E-state index contributed by atoms with van der Waals surface area (Å²) in [5.41, 5.74) is 0. The molecule has 0 aromatic carbocycles. The Balaban J connectivity index is 5.03. The molecule has 0 saturated heterocycles. The first-order valence-electron chi connectivity index (χ1n) is 6.99. The van der Waals surface area contributed by atoms with Crippen molar-refractivity contribution in [3.8, 4) is 0 Å². The lowest BCUT2D eigenvalue weighted by molar-refractivity contribution is -0.159. The van der Waals surface area contributed by atoms with E-state index in [4.69, 9.17) is 9.47 Å². The summed E-state index contributed by atoms with van der Waals surface area (Å²) in [6.07, 6.45) is -0.465. The van der Waals surface area contributed by atoms with E-state index in [-0.39, 0.29) is 13.2 Å². The molecule has 0 radical (unpaired) electrons. The van der Waals surface area contributed by atoms with E-state index in [0.29, 0.717) is 6.61 Å². The Bertz CT molecular complexity index is 438. The molecule has 1 amide bonds. The average Bonchev–Trinajstić information content (AvgIpc) is 2.59. The highest BCUT2D eigenvalue weighted by Gasteiger charge is 2.38. The van der Waals surface area contributed by atoms with E-state index in [1.54, 1.807) is 0 Å². The predicted molar refractivity (Wildman–Crippen MR) is 78.8 cm³/mol. The standard InChI is InChI=1S/C14H23NO9/c1-20-5-6-24-8-10(16)15-12(14(19)23-4)9(13(18)22-3)7-11(17)21-2/h9,12H,5-8H2,1-4H3,(H,15,16)/t9-,12-/m0/s1. The fourth-order valence-corrected chi connectivity index (χ4v) is 1.72. The second-order valence-corrected chi connectivity index (χ2v) is 4.52. The minimum Gasteiger partial charge on any atom is -0.469 e. The molecule has 0 rings (SSSR count). The zero-order valence-electron chi connectivity index (χ0n) is 14.2. The molecule has 0 aromatic heterocycles. The van der Waals surface area contributed by atoms with Gasteiger partial charge in [0.25, 0.3) is 0 Å². The van der Waals surface area contributed by atoms with Crippen molar-refractivity contribution in [2.24, 2.45) is 5.92 Å². The molecule has 0 aliphatic rings. The number of ether oxygens (including phenoxy) is 5. The van der Waals surface area contributed by atoms with Crippen molar-refractivity contribution >= 4 is 23.8 Å². The topological polar surface area (TPSA) is 126 Å². The SMILES string of the molecule is COCCOCC(=O)N[C@H](C(=O)OC)[C@H](CC(=O)OC)C(=O)OC. The van der Waals surface area contributed by atoms with Gasteiger partial charge in [0.1, 0.15) is 12.6 Å². The van der Waals surface area contributed by atoms with Crippen molar-refractivity contribution < 1.29 is 42.9 Å². The maximum absolute atomic E-state index is 11.9. The maximum Gasteiger partial charge on any atom is 0.329 e. The molecular weight excluding hydrogens is 326 g/mol. The maximum atomic E-state index is 11.9. The van der Waals surface area contributed by atoms with Gasteiger partial charge in [-0.25, -0.2) is 4.79 Å². The predicted octanol–water partition coefficient (Wildman–Crippen LogP) is -1.34. The van der Waals surface area contributed by atoms with Crippen LogP contribution in [0.25, 0.3) is 0 Å². The molecule has 0 unspecified atom stereocenters. The molecule has 24 heavy (non-hydrogen) atoms. The average molecular weight is 349 g/mol. The third-order valence-electron chi connectivity index (χ3n) is 2.96. The summed E-state index contributed by atoms with van der Waals surface area (Å²) in [4.78, 5) is 47.1. The Morgan fingerprint density at radius 2 is 1.50 bits per heavy atom. The fraction of sp³-hybridized carbons (Fsp3) is 0.714. The van der Waals surface area contributed by atoms with Crippen LogP contribution in [0.4, 0.5) is 0 Å². The minimum absolute atomic E-state index is 0.176. The van der Waals surface area contributed by atoms with Gasteiger partial charge < -0.3 is 29.0 Å². The zero-order valence-corrected chi connectivity index (χ0v) is 14.2. The van der Waals surface area contributed by atoms with Gasteiger partial charge in [-0.15, -0.1) is 0 Å². The normalized spacial score (nSPS) is 12.7. The Labute approximate surface area is 139 Å². The summed E-state index contributed by atoms with van der Waals surface area (Å²) in [5.74, 6) is -4.47. The molecule has 0 aliphatic carbocycles. The van der Waals surface area contributed by atoms with E-state index in [1.807, 2.05) is 0 Å². The smallest absolute Gasteiger partial charge is 0.329 e. The van der Waals surface area contributed by atoms with E-state index in [0.717, 1.165) is 21.3 Å². The monoisotopic (exact) mass is 349 g/mol. The highest BCUT2D eigenvalue weighted by molar-refractivity contribution is 5.91. The van der Waals surface area contributed by atoms with Crippen molar-refractivity contribution in [3.05, 3.63) is 0 Å². The molecule has 0 fully saturated rings.